The topological polar surface area (TPSA) is 73.5 Å². The van der Waals surface area contributed by atoms with Crippen molar-refractivity contribution < 1.29 is 41.3 Å². The van der Waals surface area contributed by atoms with Crippen LogP contribution in [0.4, 0.5) is 26.3 Å². The minimum absolute atomic E-state index is 0.161. The molecule has 4 nitrogen and oxygen atoms in total. The third-order valence-corrected chi connectivity index (χ3v) is 5.00. The number of hydrogen-bond donors (Lipinski definition) is 2. The summed E-state index contributed by atoms with van der Waals surface area (Å²) in [5.41, 5.74) is -7.40. The second kappa shape index (κ2) is 5.40. The molecule has 146 valence electrons. The Hall–Kier alpha value is -2.77. The van der Waals surface area contributed by atoms with E-state index in [1.54, 1.807) is 6.07 Å². The lowest BCUT2D eigenvalue weighted by atomic mass is 9.93. The lowest BCUT2D eigenvalue weighted by molar-refractivity contribution is -0.304. The first-order valence-electron chi connectivity index (χ1n) is 7.83. The zero-order chi connectivity index (χ0) is 20.6. The van der Waals surface area contributed by atoms with Crippen molar-refractivity contribution in [1.82, 2.24) is 0 Å². The summed E-state index contributed by atoms with van der Waals surface area (Å²) in [5.74, 6) is -11.8. The smallest absolute Gasteiger partial charge is 0.349 e. The Morgan fingerprint density at radius 3 is 2.43 bits per heavy atom. The zero-order valence-electron chi connectivity index (χ0n) is 13.6. The SMILES string of the molecule is N#Cc1cc(F)cc(Oc2ccc3c4c2C(O)[C@H](F)[C@]4(O)C(F)(F)C3(F)F)c1. The number of aliphatic hydroxyl groups is 2. The van der Waals surface area contributed by atoms with Gasteiger partial charge >= 0.3 is 11.8 Å². The maximum absolute atomic E-state index is 14.5. The van der Waals surface area contributed by atoms with Crippen LogP contribution in [-0.4, -0.2) is 22.3 Å². The molecule has 0 amide bonds. The summed E-state index contributed by atoms with van der Waals surface area (Å²) in [7, 11) is 0. The van der Waals surface area contributed by atoms with Crippen LogP contribution in [0.1, 0.15) is 28.4 Å². The molecule has 0 saturated carbocycles. The van der Waals surface area contributed by atoms with Gasteiger partial charge in [-0.3, -0.25) is 0 Å². The number of alkyl halides is 5. The van der Waals surface area contributed by atoms with Crippen LogP contribution in [0.5, 0.6) is 11.5 Å². The first kappa shape index (κ1) is 18.6. The molecule has 0 fully saturated rings. The highest BCUT2D eigenvalue weighted by Gasteiger charge is 2.82. The quantitative estimate of drug-likeness (QED) is 0.751. The number of aliphatic hydroxyl groups excluding tert-OH is 1. The van der Waals surface area contributed by atoms with Crippen molar-refractivity contribution in [3.8, 4) is 17.6 Å². The molecule has 28 heavy (non-hydrogen) atoms. The molecule has 10 heteroatoms. The van der Waals surface area contributed by atoms with E-state index in [4.69, 9.17) is 10.00 Å². The summed E-state index contributed by atoms with van der Waals surface area (Å²) < 4.78 is 90.1. The van der Waals surface area contributed by atoms with E-state index in [1.807, 2.05) is 0 Å². The molecule has 0 aromatic heterocycles. The van der Waals surface area contributed by atoms with Crippen molar-refractivity contribution in [1.29, 1.82) is 5.26 Å². The monoisotopic (exact) mass is 401 g/mol. The van der Waals surface area contributed by atoms with Gasteiger partial charge in [-0.1, -0.05) is 0 Å². The Kier molecular flexibility index (Phi) is 3.58. The second-order valence-corrected chi connectivity index (χ2v) is 6.55. The summed E-state index contributed by atoms with van der Waals surface area (Å²) in [6.45, 7) is 0. The van der Waals surface area contributed by atoms with Crippen LogP contribution in [0.25, 0.3) is 0 Å². The van der Waals surface area contributed by atoms with Crippen LogP contribution < -0.4 is 4.74 Å². The van der Waals surface area contributed by atoms with Gasteiger partial charge in [0.25, 0.3) is 0 Å². The fraction of sp³-hybridized carbons (Fsp3) is 0.278. The van der Waals surface area contributed by atoms with Crippen molar-refractivity contribution in [3.05, 3.63) is 58.4 Å². The van der Waals surface area contributed by atoms with Gasteiger partial charge in [0.05, 0.1) is 11.6 Å². The number of hydrogen-bond acceptors (Lipinski definition) is 4. The van der Waals surface area contributed by atoms with Crippen LogP contribution in [0, 0.1) is 17.1 Å². The van der Waals surface area contributed by atoms with Crippen molar-refractivity contribution in [2.24, 2.45) is 0 Å². The van der Waals surface area contributed by atoms with Crippen LogP contribution in [0.15, 0.2) is 30.3 Å². The Bertz CT molecular complexity index is 1050. The van der Waals surface area contributed by atoms with Crippen LogP contribution in [-0.2, 0) is 11.5 Å². The lowest BCUT2D eigenvalue weighted by Gasteiger charge is -2.32. The molecule has 0 aliphatic heterocycles. The van der Waals surface area contributed by atoms with Gasteiger partial charge < -0.3 is 14.9 Å². The molecule has 2 N–H and O–H groups in total. The van der Waals surface area contributed by atoms with E-state index in [2.05, 4.69) is 0 Å². The second-order valence-electron chi connectivity index (χ2n) is 6.55. The molecule has 1 unspecified atom stereocenters. The van der Waals surface area contributed by atoms with Crippen molar-refractivity contribution >= 4 is 0 Å². The molecule has 0 spiro atoms. The number of benzene rings is 2. The van der Waals surface area contributed by atoms with Gasteiger partial charge in [0, 0.05) is 22.8 Å². The van der Waals surface area contributed by atoms with E-state index in [1.165, 1.54) is 0 Å². The third-order valence-electron chi connectivity index (χ3n) is 5.00. The van der Waals surface area contributed by atoms with Crippen molar-refractivity contribution in [2.75, 3.05) is 0 Å². The minimum atomic E-state index is -5.22. The van der Waals surface area contributed by atoms with Gasteiger partial charge in [-0.15, -0.1) is 0 Å². The number of halogens is 6. The van der Waals surface area contributed by atoms with E-state index in [-0.39, 0.29) is 11.3 Å². The molecular weight excluding hydrogens is 392 g/mol. The standard InChI is InChI=1S/C18H9F6NO3/c19-8-3-7(6-25)4-9(5-8)28-11-2-1-10-13-12(11)14(26)15(20)16(13,27)18(23,24)17(10,21)22/h1-5,14-15,26-27H/t14?,15-,16-/m0/s1. The number of nitrogens with zero attached hydrogens (tertiary/aromatic N) is 1. The third kappa shape index (κ3) is 1.98. The maximum Gasteiger partial charge on any atom is 0.349 e. The first-order chi connectivity index (χ1) is 13.0. The summed E-state index contributed by atoms with van der Waals surface area (Å²) in [6.07, 6.45) is -5.54. The fourth-order valence-electron chi connectivity index (χ4n) is 3.72. The predicted octanol–water partition coefficient (Wildman–Crippen LogP) is 3.80. The lowest BCUT2D eigenvalue weighted by Crippen LogP contribution is -2.53. The van der Waals surface area contributed by atoms with Gasteiger partial charge in [0.2, 0.25) is 0 Å². The number of ether oxygens (including phenoxy) is 1. The molecule has 0 bridgehead atoms. The summed E-state index contributed by atoms with van der Waals surface area (Å²) in [4.78, 5) is 0. The van der Waals surface area contributed by atoms with E-state index < -0.39 is 58.0 Å². The Morgan fingerprint density at radius 2 is 1.79 bits per heavy atom. The predicted molar refractivity (Wildman–Crippen MR) is 80.2 cm³/mol. The van der Waals surface area contributed by atoms with Gasteiger partial charge in [0.15, 0.2) is 11.8 Å². The van der Waals surface area contributed by atoms with Gasteiger partial charge in [-0.05, 0) is 24.3 Å². The highest BCUT2D eigenvalue weighted by molar-refractivity contribution is 5.61. The molecule has 2 aromatic carbocycles. The maximum atomic E-state index is 14.5. The minimum Gasteiger partial charge on any atom is -0.457 e. The number of rotatable bonds is 2. The van der Waals surface area contributed by atoms with Gasteiger partial charge in [-0.2, -0.15) is 22.8 Å². The van der Waals surface area contributed by atoms with Gasteiger partial charge in [0.1, 0.15) is 23.4 Å². The van der Waals surface area contributed by atoms with Crippen LogP contribution in [0.3, 0.4) is 0 Å². The Labute approximate surface area is 153 Å². The molecular formula is C18H9F6NO3. The molecule has 0 saturated heterocycles. The van der Waals surface area contributed by atoms with E-state index in [0.717, 1.165) is 24.3 Å². The highest BCUT2D eigenvalue weighted by Crippen LogP contribution is 2.68. The zero-order valence-corrected chi connectivity index (χ0v) is 13.6. The van der Waals surface area contributed by atoms with Crippen molar-refractivity contribution in [3.63, 3.8) is 0 Å². The first-order valence-corrected chi connectivity index (χ1v) is 7.83. The highest BCUT2D eigenvalue weighted by atomic mass is 19.3. The number of nitriles is 1. The molecule has 2 aliphatic rings. The molecule has 2 aliphatic carbocycles. The van der Waals surface area contributed by atoms with Crippen molar-refractivity contribution in [2.45, 2.75) is 29.7 Å². The molecule has 3 atom stereocenters. The van der Waals surface area contributed by atoms with Crippen LogP contribution >= 0.6 is 0 Å². The van der Waals surface area contributed by atoms with E-state index >= 15 is 0 Å². The molecule has 0 radical (unpaired) electrons. The fourth-order valence-corrected chi connectivity index (χ4v) is 3.72. The molecule has 2 aromatic rings. The summed E-state index contributed by atoms with van der Waals surface area (Å²) in [5, 5.41) is 29.1. The largest absolute Gasteiger partial charge is 0.457 e. The van der Waals surface area contributed by atoms with Crippen LogP contribution in [0.2, 0.25) is 0 Å². The average molecular weight is 401 g/mol. The normalized spacial score (nSPS) is 28.7. The summed E-state index contributed by atoms with van der Waals surface area (Å²) >= 11 is 0. The summed E-state index contributed by atoms with van der Waals surface area (Å²) in [6, 6.07) is 5.70. The molecule has 4 rings (SSSR count). The van der Waals surface area contributed by atoms with E-state index in [9.17, 15) is 36.6 Å². The average Bonchev–Trinajstić information content (AvgIpc) is 2.90. The van der Waals surface area contributed by atoms with E-state index in [0.29, 0.717) is 6.07 Å². The molecule has 0 heterocycles. The Morgan fingerprint density at radius 1 is 1.11 bits per heavy atom. The Balaban J connectivity index is 1.92. The van der Waals surface area contributed by atoms with Gasteiger partial charge in [-0.25, -0.2) is 8.78 Å².